The first-order chi connectivity index (χ1) is 16.0. The highest BCUT2D eigenvalue weighted by Gasteiger charge is 2.29. The number of hydrogen-bond donors (Lipinski definition) is 4. The van der Waals surface area contributed by atoms with Gasteiger partial charge in [0.2, 0.25) is 0 Å². The zero-order valence-corrected chi connectivity index (χ0v) is 23.0. The minimum atomic E-state index is -4.86. The molecule has 36 heavy (non-hydrogen) atoms. The average Bonchev–Trinajstić information content (AvgIpc) is 2.62. The molecule has 0 aliphatic carbocycles. The fourth-order valence-electron chi connectivity index (χ4n) is 2.61. The highest BCUT2D eigenvalue weighted by Crippen LogP contribution is 2.39. The maximum Gasteiger partial charge on any atom is 0.297 e. The van der Waals surface area contributed by atoms with Crippen LogP contribution in [0.2, 0.25) is 20.1 Å². The summed E-state index contributed by atoms with van der Waals surface area (Å²) in [5.74, 6) is 0. The van der Waals surface area contributed by atoms with Crippen molar-refractivity contribution in [1.82, 2.24) is 0 Å². The molecule has 0 unspecified atom stereocenters. The third-order valence-corrected chi connectivity index (χ3v) is 9.51. The van der Waals surface area contributed by atoms with Gasteiger partial charge >= 0.3 is 0 Å². The first-order valence-electron chi connectivity index (χ1n) is 8.36. The molecule has 0 bridgehead atoms. The fraction of sp³-hybridized carbons (Fsp3) is 0. The summed E-state index contributed by atoms with van der Waals surface area (Å²) in [5, 5.41) is -1.71. The van der Waals surface area contributed by atoms with Gasteiger partial charge in [0.15, 0.2) is 0 Å². The number of fused-ring (bicyclic) bond motifs is 1. The quantitative estimate of drug-likeness (QED) is 0.290. The lowest BCUT2D eigenvalue weighted by molar-refractivity contribution is 0.478. The Morgan fingerprint density at radius 3 is 1.36 bits per heavy atom. The van der Waals surface area contributed by atoms with E-state index in [0.717, 1.165) is 24.3 Å². The summed E-state index contributed by atoms with van der Waals surface area (Å²) < 4.78 is 123. The molecular weight excluding hydrogens is 654 g/mol. The molecule has 0 aliphatic heterocycles. The van der Waals surface area contributed by atoms with Gasteiger partial charge in [0.25, 0.3) is 40.5 Å². The van der Waals surface area contributed by atoms with Crippen LogP contribution < -0.4 is 0 Å². The standard InChI is InChI=1S/C10H7ClO6S2.C6H3Cl3O6S2/c11-9-4-7-3-8(18(12,13)14)2-1-6(7)5-10(9)19(15,16)17;7-2-1-3(8)6(17(13,14)15)4(9)5(2)16(10,11)12/h1-5H,(H,12,13,14)(H,15,16,17);1H,(H,10,11,12)(H,13,14,15). The minimum Gasteiger partial charge on any atom is -0.282 e. The highest BCUT2D eigenvalue weighted by atomic mass is 35.5. The second kappa shape index (κ2) is 10.5. The van der Waals surface area contributed by atoms with E-state index in [1.807, 2.05) is 0 Å². The molecule has 4 N–H and O–H groups in total. The molecule has 0 saturated carbocycles. The second-order valence-electron chi connectivity index (χ2n) is 6.50. The van der Waals surface area contributed by atoms with Crippen molar-refractivity contribution in [3.05, 3.63) is 56.5 Å². The van der Waals surface area contributed by atoms with Gasteiger partial charge in [0.1, 0.15) is 14.7 Å². The molecule has 0 fully saturated rings. The van der Waals surface area contributed by atoms with Crippen molar-refractivity contribution in [2.24, 2.45) is 0 Å². The Morgan fingerprint density at radius 2 is 0.972 bits per heavy atom. The van der Waals surface area contributed by atoms with Gasteiger partial charge in [-0.15, -0.1) is 0 Å². The Morgan fingerprint density at radius 1 is 0.500 bits per heavy atom. The SMILES string of the molecule is O=S(=O)(O)c1c(Cl)cc(Cl)c(S(=O)(=O)O)c1Cl.O=S(=O)(O)c1ccc2cc(S(=O)(=O)O)c(Cl)cc2c1. The van der Waals surface area contributed by atoms with E-state index in [1.165, 1.54) is 12.1 Å². The van der Waals surface area contributed by atoms with E-state index < -0.39 is 70.2 Å². The topological polar surface area (TPSA) is 217 Å². The molecule has 20 heteroatoms. The van der Waals surface area contributed by atoms with Gasteiger partial charge in [-0.3, -0.25) is 18.2 Å². The van der Waals surface area contributed by atoms with Crippen molar-refractivity contribution in [3.63, 3.8) is 0 Å². The third-order valence-electron chi connectivity index (χ3n) is 4.04. The summed E-state index contributed by atoms with van der Waals surface area (Å²) in [5.41, 5.74) is 0. The Kier molecular flexibility index (Phi) is 9.00. The smallest absolute Gasteiger partial charge is 0.282 e. The van der Waals surface area contributed by atoms with Crippen molar-refractivity contribution < 1.29 is 51.9 Å². The van der Waals surface area contributed by atoms with Gasteiger partial charge in [0.05, 0.1) is 25.0 Å². The molecule has 3 aromatic rings. The zero-order chi connectivity index (χ0) is 28.0. The van der Waals surface area contributed by atoms with Crippen LogP contribution in [0.1, 0.15) is 0 Å². The van der Waals surface area contributed by atoms with Gasteiger partial charge in [-0.25, -0.2) is 0 Å². The molecule has 0 atom stereocenters. The molecule has 0 aromatic heterocycles. The van der Waals surface area contributed by atoms with Gasteiger partial charge in [-0.05, 0) is 41.1 Å². The number of hydrogen-bond acceptors (Lipinski definition) is 8. The summed E-state index contributed by atoms with van der Waals surface area (Å²) in [6.45, 7) is 0. The van der Waals surface area contributed by atoms with E-state index in [-0.39, 0.29) is 9.92 Å². The van der Waals surface area contributed by atoms with E-state index in [0.29, 0.717) is 10.8 Å². The molecule has 0 saturated heterocycles. The summed E-state index contributed by atoms with van der Waals surface area (Å²) in [6, 6.07) is 6.57. The van der Waals surface area contributed by atoms with Crippen LogP contribution in [0.15, 0.2) is 56.0 Å². The van der Waals surface area contributed by atoms with Crippen molar-refractivity contribution in [2.45, 2.75) is 19.6 Å². The fourth-order valence-corrected chi connectivity index (χ4v) is 7.44. The molecule has 0 spiro atoms. The summed E-state index contributed by atoms with van der Waals surface area (Å²) in [6.07, 6.45) is 0. The molecular formula is C16H10Cl4O12S4. The normalized spacial score (nSPS) is 12.8. The van der Waals surface area contributed by atoms with Gasteiger partial charge < -0.3 is 0 Å². The van der Waals surface area contributed by atoms with E-state index in [9.17, 15) is 33.7 Å². The van der Waals surface area contributed by atoms with Crippen LogP contribution in [-0.2, 0) is 40.5 Å². The van der Waals surface area contributed by atoms with Crippen LogP contribution in [-0.4, -0.2) is 51.9 Å². The highest BCUT2D eigenvalue weighted by molar-refractivity contribution is 7.87. The summed E-state index contributed by atoms with van der Waals surface area (Å²) in [4.78, 5) is -2.90. The molecule has 198 valence electrons. The first-order valence-corrected chi connectivity index (χ1v) is 15.6. The van der Waals surface area contributed by atoms with Crippen LogP contribution in [0, 0.1) is 0 Å². The average molecular weight is 664 g/mol. The molecule has 0 aliphatic rings. The Balaban J connectivity index is 0.000000255. The predicted molar refractivity (Wildman–Crippen MR) is 130 cm³/mol. The van der Waals surface area contributed by atoms with Gasteiger partial charge in [0, 0.05) is 0 Å². The van der Waals surface area contributed by atoms with Crippen LogP contribution in [0.25, 0.3) is 10.8 Å². The maximum atomic E-state index is 11.1. The van der Waals surface area contributed by atoms with Crippen molar-refractivity contribution in [2.75, 3.05) is 0 Å². The van der Waals surface area contributed by atoms with E-state index in [4.69, 9.17) is 64.6 Å². The predicted octanol–water partition coefficient (Wildman–Crippen LogP) is 4.13. The summed E-state index contributed by atoms with van der Waals surface area (Å²) in [7, 11) is -18.5. The molecule has 3 aromatic carbocycles. The molecule has 0 heterocycles. The van der Waals surface area contributed by atoms with Gasteiger partial charge in [-0.1, -0.05) is 52.5 Å². The monoisotopic (exact) mass is 662 g/mol. The molecule has 0 radical (unpaired) electrons. The van der Waals surface area contributed by atoms with Crippen molar-refractivity contribution >= 4 is 97.6 Å². The molecule has 3 rings (SSSR count). The van der Waals surface area contributed by atoms with E-state index in [1.54, 1.807) is 0 Å². The third kappa shape index (κ3) is 7.18. The number of halogens is 4. The largest absolute Gasteiger partial charge is 0.297 e. The number of rotatable bonds is 4. The van der Waals surface area contributed by atoms with Crippen LogP contribution in [0.4, 0.5) is 0 Å². The van der Waals surface area contributed by atoms with Gasteiger partial charge in [-0.2, -0.15) is 33.7 Å². The van der Waals surface area contributed by atoms with Crippen molar-refractivity contribution in [1.29, 1.82) is 0 Å². The Labute approximate surface area is 224 Å². The molecule has 0 amide bonds. The van der Waals surface area contributed by atoms with Crippen LogP contribution in [0.3, 0.4) is 0 Å². The van der Waals surface area contributed by atoms with E-state index in [2.05, 4.69) is 0 Å². The molecule has 12 nitrogen and oxygen atoms in total. The summed E-state index contributed by atoms with van der Waals surface area (Å²) >= 11 is 22.1. The number of benzene rings is 3. The first kappa shape index (κ1) is 30.9. The minimum absolute atomic E-state index is 0.248. The van der Waals surface area contributed by atoms with Crippen molar-refractivity contribution in [3.8, 4) is 0 Å². The Hall–Kier alpha value is -1.28. The zero-order valence-electron chi connectivity index (χ0n) is 16.7. The lowest BCUT2D eigenvalue weighted by Crippen LogP contribution is -2.07. The second-order valence-corrected chi connectivity index (χ2v) is 13.6. The maximum absolute atomic E-state index is 11.1. The van der Waals surface area contributed by atoms with Crippen LogP contribution in [0.5, 0.6) is 0 Å². The van der Waals surface area contributed by atoms with E-state index >= 15 is 0 Å². The van der Waals surface area contributed by atoms with Crippen LogP contribution >= 0.6 is 46.4 Å². The lowest BCUT2D eigenvalue weighted by Gasteiger charge is -2.09. The Bertz CT molecular complexity index is 1760. The lowest BCUT2D eigenvalue weighted by atomic mass is 10.1.